The van der Waals surface area contributed by atoms with E-state index >= 15 is 0 Å². The van der Waals surface area contributed by atoms with Crippen LogP contribution >= 0.6 is 0 Å². The zero-order valence-corrected chi connectivity index (χ0v) is 7.41. The molecule has 0 atom stereocenters. The smallest absolute Gasteiger partial charge is 0.0126 e. The number of hydrogen-bond donors (Lipinski definition) is 1. The normalized spacial score (nSPS) is 19.9. The van der Waals surface area contributed by atoms with E-state index < -0.39 is 0 Å². The van der Waals surface area contributed by atoms with Gasteiger partial charge in [-0.1, -0.05) is 26.8 Å². The van der Waals surface area contributed by atoms with Crippen molar-refractivity contribution in [1.82, 2.24) is 5.32 Å². The lowest BCUT2D eigenvalue weighted by atomic mass is 9.80. The second-order valence-corrected chi connectivity index (χ2v) is 2.52. The summed E-state index contributed by atoms with van der Waals surface area (Å²) in [6.45, 7) is 12.3. The third-order valence-electron chi connectivity index (χ3n) is 2.09. The first-order valence-electron chi connectivity index (χ1n) is 4.17. The van der Waals surface area contributed by atoms with E-state index in [0.29, 0.717) is 5.41 Å². The highest BCUT2D eigenvalue weighted by Crippen LogP contribution is 2.26. The summed E-state index contributed by atoms with van der Waals surface area (Å²) in [5, 5.41) is 3.23. The summed E-state index contributed by atoms with van der Waals surface area (Å²) in [5.74, 6) is 0. The lowest BCUT2D eigenvalue weighted by Crippen LogP contribution is -2.51. The molecule has 1 rings (SSSR count). The third-order valence-corrected chi connectivity index (χ3v) is 2.09. The monoisotopic (exact) mass is 141 g/mol. The predicted molar refractivity (Wildman–Crippen MR) is 47.1 cm³/mol. The van der Waals surface area contributed by atoms with E-state index in [2.05, 4.69) is 24.9 Å². The van der Waals surface area contributed by atoms with Crippen LogP contribution in [-0.4, -0.2) is 13.1 Å². The van der Waals surface area contributed by atoms with Gasteiger partial charge in [0.2, 0.25) is 0 Å². The molecular weight excluding hydrogens is 122 g/mol. The molecule has 0 bridgehead atoms. The highest BCUT2D eigenvalue weighted by Gasteiger charge is 2.30. The average molecular weight is 141 g/mol. The molecule has 10 heavy (non-hydrogen) atoms. The summed E-state index contributed by atoms with van der Waals surface area (Å²) >= 11 is 0. The van der Waals surface area contributed by atoms with E-state index in [0.717, 1.165) is 13.1 Å². The molecule has 1 aliphatic heterocycles. The molecule has 1 heterocycles. The van der Waals surface area contributed by atoms with Crippen LogP contribution in [0.3, 0.4) is 0 Å². The van der Waals surface area contributed by atoms with Gasteiger partial charge < -0.3 is 5.32 Å². The van der Waals surface area contributed by atoms with Gasteiger partial charge in [-0.15, -0.1) is 6.58 Å². The Morgan fingerprint density at radius 1 is 1.50 bits per heavy atom. The highest BCUT2D eigenvalue weighted by molar-refractivity contribution is 5.03. The van der Waals surface area contributed by atoms with Crippen molar-refractivity contribution < 1.29 is 0 Å². The van der Waals surface area contributed by atoms with Crippen LogP contribution in [-0.2, 0) is 0 Å². The van der Waals surface area contributed by atoms with E-state index in [1.165, 1.54) is 6.42 Å². The molecule has 0 saturated carbocycles. The number of rotatable bonds is 2. The quantitative estimate of drug-likeness (QED) is 0.581. The molecule has 1 nitrogen and oxygen atoms in total. The molecule has 0 radical (unpaired) electrons. The second-order valence-electron chi connectivity index (χ2n) is 2.52. The van der Waals surface area contributed by atoms with Crippen molar-refractivity contribution >= 4 is 0 Å². The molecule has 0 amide bonds. The molecular formula is C9H19N. The summed E-state index contributed by atoms with van der Waals surface area (Å²) in [5.41, 5.74) is 0.458. The fourth-order valence-electron chi connectivity index (χ4n) is 0.985. The van der Waals surface area contributed by atoms with Crippen molar-refractivity contribution in [3.63, 3.8) is 0 Å². The Morgan fingerprint density at radius 2 is 2.00 bits per heavy atom. The molecule has 1 fully saturated rings. The maximum absolute atomic E-state index is 3.79. The Hall–Kier alpha value is -0.300. The molecule has 0 unspecified atom stereocenters. The van der Waals surface area contributed by atoms with Crippen LogP contribution in [0.4, 0.5) is 0 Å². The number of nitrogens with one attached hydrogen (secondary N) is 1. The van der Waals surface area contributed by atoms with Gasteiger partial charge in [-0.25, -0.2) is 0 Å². The Bertz CT molecular complexity index is 87.4. The Balaban J connectivity index is 0.000000371. The molecule has 0 aliphatic carbocycles. The van der Waals surface area contributed by atoms with Gasteiger partial charge in [0, 0.05) is 18.5 Å². The predicted octanol–water partition coefficient (Wildman–Crippen LogP) is 2.20. The van der Waals surface area contributed by atoms with Crippen molar-refractivity contribution in [2.24, 2.45) is 5.41 Å². The largest absolute Gasteiger partial charge is 0.315 e. The topological polar surface area (TPSA) is 12.0 Å². The fraction of sp³-hybridized carbons (Fsp3) is 0.778. The molecule has 0 spiro atoms. The van der Waals surface area contributed by atoms with Crippen LogP contribution in [0.25, 0.3) is 0 Å². The standard InChI is InChI=1S/C7H13N.C2H6/c1-3-7(4-2)5-8-6-7;1-2/h3,8H,1,4-6H2,2H3;1-2H3. The zero-order valence-electron chi connectivity index (χ0n) is 7.41. The van der Waals surface area contributed by atoms with Crippen molar-refractivity contribution in [2.45, 2.75) is 27.2 Å². The average Bonchev–Trinajstić information content (AvgIpc) is 1.93. The summed E-state index contributed by atoms with van der Waals surface area (Å²) in [6, 6.07) is 0. The minimum atomic E-state index is 0.458. The van der Waals surface area contributed by atoms with Crippen molar-refractivity contribution in [3.05, 3.63) is 12.7 Å². The lowest BCUT2D eigenvalue weighted by Gasteiger charge is -2.39. The summed E-state index contributed by atoms with van der Waals surface area (Å²) in [4.78, 5) is 0. The van der Waals surface area contributed by atoms with Crippen LogP contribution in [0, 0.1) is 5.41 Å². The second kappa shape index (κ2) is 4.51. The first-order valence-corrected chi connectivity index (χ1v) is 4.17. The van der Waals surface area contributed by atoms with Crippen LogP contribution in [0.2, 0.25) is 0 Å². The maximum atomic E-state index is 3.79. The van der Waals surface area contributed by atoms with Gasteiger partial charge in [0.25, 0.3) is 0 Å². The molecule has 1 N–H and O–H groups in total. The summed E-state index contributed by atoms with van der Waals surface area (Å²) in [6.07, 6.45) is 3.30. The van der Waals surface area contributed by atoms with Crippen LogP contribution in [0.5, 0.6) is 0 Å². The van der Waals surface area contributed by atoms with Crippen LogP contribution in [0.15, 0.2) is 12.7 Å². The Kier molecular flexibility index (Phi) is 4.37. The molecule has 60 valence electrons. The molecule has 1 saturated heterocycles. The maximum Gasteiger partial charge on any atom is 0.0126 e. The molecule has 0 aromatic rings. The molecule has 1 aliphatic rings. The lowest BCUT2D eigenvalue weighted by molar-refractivity contribution is 0.231. The molecule has 0 aromatic heterocycles. The van der Waals surface area contributed by atoms with E-state index in [1.807, 2.05) is 13.8 Å². The third kappa shape index (κ3) is 1.84. The Labute approximate surface area is 64.5 Å². The van der Waals surface area contributed by atoms with Gasteiger partial charge in [-0.2, -0.15) is 0 Å². The van der Waals surface area contributed by atoms with Crippen molar-refractivity contribution in [3.8, 4) is 0 Å². The fourth-order valence-corrected chi connectivity index (χ4v) is 0.985. The van der Waals surface area contributed by atoms with Gasteiger partial charge >= 0.3 is 0 Å². The zero-order chi connectivity index (χ0) is 8.04. The SMILES string of the molecule is C=CC1(CC)CNC1.CC. The van der Waals surface area contributed by atoms with Gasteiger partial charge in [-0.3, -0.25) is 0 Å². The molecule has 1 heteroatoms. The number of hydrogen-bond acceptors (Lipinski definition) is 1. The van der Waals surface area contributed by atoms with Crippen LogP contribution in [0.1, 0.15) is 27.2 Å². The van der Waals surface area contributed by atoms with Crippen molar-refractivity contribution in [1.29, 1.82) is 0 Å². The van der Waals surface area contributed by atoms with Crippen LogP contribution < -0.4 is 5.32 Å². The first-order chi connectivity index (χ1) is 4.83. The van der Waals surface area contributed by atoms with E-state index in [9.17, 15) is 0 Å². The Morgan fingerprint density at radius 3 is 2.00 bits per heavy atom. The summed E-state index contributed by atoms with van der Waals surface area (Å²) < 4.78 is 0. The minimum absolute atomic E-state index is 0.458. The van der Waals surface area contributed by atoms with E-state index in [4.69, 9.17) is 0 Å². The summed E-state index contributed by atoms with van der Waals surface area (Å²) in [7, 11) is 0. The van der Waals surface area contributed by atoms with E-state index in [-0.39, 0.29) is 0 Å². The molecule has 0 aromatic carbocycles. The van der Waals surface area contributed by atoms with Gasteiger partial charge in [0.1, 0.15) is 0 Å². The van der Waals surface area contributed by atoms with Gasteiger partial charge in [-0.05, 0) is 6.42 Å². The van der Waals surface area contributed by atoms with Crippen molar-refractivity contribution in [2.75, 3.05) is 13.1 Å². The van der Waals surface area contributed by atoms with Gasteiger partial charge in [0.05, 0.1) is 0 Å². The van der Waals surface area contributed by atoms with Gasteiger partial charge in [0.15, 0.2) is 0 Å². The minimum Gasteiger partial charge on any atom is -0.315 e. The highest BCUT2D eigenvalue weighted by atomic mass is 15.0. The van der Waals surface area contributed by atoms with E-state index in [1.54, 1.807) is 0 Å². The first kappa shape index (κ1) is 9.70.